The number of nitrogens with one attached hydrogen (secondary N) is 1. The molecule has 29 heavy (non-hydrogen) atoms. The van der Waals surface area contributed by atoms with Crippen LogP contribution in [-0.2, 0) is 23.7 Å². The minimum absolute atomic E-state index is 0.0121. The minimum Gasteiger partial charge on any atom is -0.394 e. The van der Waals surface area contributed by atoms with Crippen LogP contribution >= 0.6 is 0 Å². The summed E-state index contributed by atoms with van der Waals surface area (Å²) in [6, 6.07) is -1.27. The van der Waals surface area contributed by atoms with Gasteiger partial charge in [0.15, 0.2) is 12.6 Å². The highest BCUT2D eigenvalue weighted by molar-refractivity contribution is 5.73. The second-order valence-corrected chi connectivity index (χ2v) is 6.90. The zero-order chi connectivity index (χ0) is 21.7. The molecule has 10 atom stereocenters. The van der Waals surface area contributed by atoms with Crippen LogP contribution in [-0.4, -0.2) is 124 Å². The number of aliphatic hydroxyl groups is 6. The van der Waals surface area contributed by atoms with Crippen LogP contribution in [0.4, 0.5) is 0 Å². The molecular formula is C16H30N2O11. The average Bonchev–Trinajstić information content (AvgIpc) is 2.68. The number of carbonyl (C=O) groups excluding carboxylic acids is 1. The highest BCUT2D eigenvalue weighted by Crippen LogP contribution is 2.29. The van der Waals surface area contributed by atoms with Crippen molar-refractivity contribution in [2.45, 2.75) is 68.3 Å². The number of amides is 1. The largest absolute Gasteiger partial charge is 0.394 e. The first kappa shape index (κ1) is 24.3. The number of rotatable bonds is 8. The third-order valence-corrected chi connectivity index (χ3v) is 4.79. The topological polar surface area (TPSA) is 213 Å². The van der Waals surface area contributed by atoms with E-state index in [1.54, 1.807) is 0 Å². The van der Waals surface area contributed by atoms with Crippen molar-refractivity contribution in [2.24, 2.45) is 5.73 Å². The Kier molecular flexibility index (Phi) is 9.12. The van der Waals surface area contributed by atoms with E-state index in [-0.39, 0.29) is 13.2 Å². The zero-order valence-corrected chi connectivity index (χ0v) is 15.9. The van der Waals surface area contributed by atoms with E-state index in [1.807, 2.05) is 0 Å². The molecule has 0 bridgehead atoms. The molecule has 0 radical (unpaired) electrons. The Hall–Kier alpha value is -0.970. The zero-order valence-electron chi connectivity index (χ0n) is 15.9. The third-order valence-electron chi connectivity index (χ3n) is 4.79. The standard InChI is InChI=1S/C16H30N2O11/c1-6(21)18-9-11(23)13(8(5-20)27-15(9)25)29-16-14(26-3-2-17)12(24)10(22)7(4-19)28-16/h7-16,19-20,22-25H,2-5,17H2,1H3,(H,18,21)/t7-,8-,9-,10+,11-,12+,13-,14-,15-,16+/m1/s1. The number of aliphatic hydroxyl groups excluding tert-OH is 6. The predicted molar refractivity (Wildman–Crippen MR) is 93.0 cm³/mol. The average molecular weight is 426 g/mol. The van der Waals surface area contributed by atoms with Gasteiger partial charge in [0.2, 0.25) is 5.91 Å². The summed E-state index contributed by atoms with van der Waals surface area (Å²) < 4.78 is 21.8. The fraction of sp³-hybridized carbons (Fsp3) is 0.938. The van der Waals surface area contributed by atoms with E-state index >= 15 is 0 Å². The molecule has 13 nitrogen and oxygen atoms in total. The first-order valence-electron chi connectivity index (χ1n) is 9.24. The molecule has 2 rings (SSSR count). The molecule has 0 unspecified atom stereocenters. The molecule has 0 saturated carbocycles. The van der Waals surface area contributed by atoms with E-state index in [0.717, 1.165) is 0 Å². The Morgan fingerprint density at radius 3 is 2.21 bits per heavy atom. The molecule has 2 aliphatic rings. The van der Waals surface area contributed by atoms with Gasteiger partial charge in [-0.25, -0.2) is 0 Å². The quantitative estimate of drug-likeness (QED) is 0.183. The molecule has 0 aromatic rings. The summed E-state index contributed by atoms with van der Waals surface area (Å²) in [4.78, 5) is 11.4. The predicted octanol–water partition coefficient (Wildman–Crippen LogP) is -5.27. The van der Waals surface area contributed by atoms with Crippen LogP contribution < -0.4 is 11.1 Å². The van der Waals surface area contributed by atoms with Crippen LogP contribution in [0.15, 0.2) is 0 Å². The van der Waals surface area contributed by atoms with E-state index in [0.29, 0.717) is 0 Å². The fourth-order valence-corrected chi connectivity index (χ4v) is 3.34. The molecule has 0 aromatic heterocycles. The van der Waals surface area contributed by atoms with Gasteiger partial charge in [-0.1, -0.05) is 0 Å². The van der Waals surface area contributed by atoms with Gasteiger partial charge in [0.05, 0.1) is 19.8 Å². The summed E-state index contributed by atoms with van der Waals surface area (Å²) in [6.45, 7) is -0.0240. The minimum atomic E-state index is -1.61. The fourth-order valence-electron chi connectivity index (χ4n) is 3.34. The maximum atomic E-state index is 11.4. The van der Waals surface area contributed by atoms with Crippen molar-refractivity contribution in [1.82, 2.24) is 5.32 Å². The second-order valence-electron chi connectivity index (χ2n) is 6.90. The molecule has 1 amide bonds. The van der Waals surface area contributed by atoms with Gasteiger partial charge in [0.1, 0.15) is 48.8 Å². The van der Waals surface area contributed by atoms with Crippen LogP contribution in [0.5, 0.6) is 0 Å². The normalized spacial score (nSPS) is 43.2. The van der Waals surface area contributed by atoms with Gasteiger partial charge in [-0.2, -0.15) is 0 Å². The number of ether oxygens (including phenoxy) is 4. The molecular weight excluding hydrogens is 396 g/mol. The van der Waals surface area contributed by atoms with Gasteiger partial charge in [0, 0.05) is 13.5 Å². The lowest BCUT2D eigenvalue weighted by Crippen LogP contribution is -2.67. The molecule has 2 saturated heterocycles. The van der Waals surface area contributed by atoms with Crippen molar-refractivity contribution in [3.8, 4) is 0 Å². The van der Waals surface area contributed by atoms with E-state index in [4.69, 9.17) is 24.7 Å². The van der Waals surface area contributed by atoms with Gasteiger partial charge in [-0.05, 0) is 0 Å². The van der Waals surface area contributed by atoms with Gasteiger partial charge in [-0.15, -0.1) is 0 Å². The van der Waals surface area contributed by atoms with E-state index < -0.39 is 80.5 Å². The van der Waals surface area contributed by atoms with E-state index in [9.17, 15) is 35.4 Å². The molecule has 2 fully saturated rings. The summed E-state index contributed by atoms with van der Waals surface area (Å²) in [5, 5.41) is 62.3. The molecule has 0 aromatic carbocycles. The van der Waals surface area contributed by atoms with Crippen molar-refractivity contribution in [3.63, 3.8) is 0 Å². The molecule has 9 N–H and O–H groups in total. The van der Waals surface area contributed by atoms with Crippen LogP contribution in [0.3, 0.4) is 0 Å². The lowest BCUT2D eigenvalue weighted by atomic mass is 9.95. The highest BCUT2D eigenvalue weighted by Gasteiger charge is 2.51. The maximum Gasteiger partial charge on any atom is 0.217 e. The Bertz CT molecular complexity index is 527. The molecule has 0 aliphatic carbocycles. The summed E-state index contributed by atoms with van der Waals surface area (Å²) in [6.07, 6.45) is -12.5. The van der Waals surface area contributed by atoms with Crippen LogP contribution in [0.1, 0.15) is 6.92 Å². The summed E-state index contributed by atoms with van der Waals surface area (Å²) in [5.74, 6) is -0.546. The first-order chi connectivity index (χ1) is 13.7. The molecule has 170 valence electrons. The van der Waals surface area contributed by atoms with Crippen LogP contribution in [0, 0.1) is 0 Å². The van der Waals surface area contributed by atoms with Gasteiger partial charge >= 0.3 is 0 Å². The smallest absolute Gasteiger partial charge is 0.217 e. The Morgan fingerprint density at radius 1 is 1.00 bits per heavy atom. The van der Waals surface area contributed by atoms with Gasteiger partial charge in [-0.3, -0.25) is 4.79 Å². The van der Waals surface area contributed by atoms with Crippen molar-refractivity contribution < 1.29 is 54.4 Å². The lowest BCUT2D eigenvalue weighted by molar-refractivity contribution is -0.350. The summed E-state index contributed by atoms with van der Waals surface area (Å²) >= 11 is 0. The van der Waals surface area contributed by atoms with Crippen molar-refractivity contribution in [2.75, 3.05) is 26.4 Å². The van der Waals surface area contributed by atoms with Crippen molar-refractivity contribution in [3.05, 3.63) is 0 Å². The number of carbonyl (C=O) groups is 1. The third kappa shape index (κ3) is 5.59. The second kappa shape index (κ2) is 10.9. The van der Waals surface area contributed by atoms with Crippen molar-refractivity contribution >= 4 is 5.91 Å². The number of hydrogen-bond acceptors (Lipinski definition) is 12. The number of nitrogens with two attached hydrogens (primary N) is 1. The Labute approximate surface area is 166 Å². The maximum absolute atomic E-state index is 11.4. The first-order valence-corrected chi connectivity index (χ1v) is 9.24. The van der Waals surface area contributed by atoms with Crippen LogP contribution in [0.25, 0.3) is 0 Å². The van der Waals surface area contributed by atoms with E-state index in [2.05, 4.69) is 5.32 Å². The summed E-state index contributed by atoms with van der Waals surface area (Å²) in [5.41, 5.74) is 5.40. The molecule has 13 heteroatoms. The number of hydrogen-bond donors (Lipinski definition) is 8. The SMILES string of the molecule is CC(=O)N[C@@H]1[C@@H](O)[C@H](O[C@@H]2O[C@H](CO)[C@H](O)[C@H](O)[C@H]2OCCN)[C@@H](CO)O[C@H]1O. The van der Waals surface area contributed by atoms with Crippen molar-refractivity contribution in [1.29, 1.82) is 0 Å². The molecule has 2 aliphatic heterocycles. The molecule has 0 spiro atoms. The van der Waals surface area contributed by atoms with Gasteiger partial charge < -0.3 is 60.6 Å². The van der Waals surface area contributed by atoms with Gasteiger partial charge in [0.25, 0.3) is 0 Å². The van der Waals surface area contributed by atoms with E-state index in [1.165, 1.54) is 6.92 Å². The van der Waals surface area contributed by atoms with Crippen LogP contribution in [0.2, 0.25) is 0 Å². The molecule has 2 heterocycles. The summed E-state index contributed by atoms with van der Waals surface area (Å²) in [7, 11) is 0. The lowest BCUT2D eigenvalue weighted by Gasteiger charge is -2.47. The highest BCUT2D eigenvalue weighted by atomic mass is 16.7. The Morgan fingerprint density at radius 2 is 1.66 bits per heavy atom. The monoisotopic (exact) mass is 426 g/mol. The Balaban J connectivity index is 2.23.